The van der Waals surface area contributed by atoms with Gasteiger partial charge >= 0.3 is 0 Å². The molecule has 4 rings (SSSR count). The second-order valence-corrected chi connectivity index (χ2v) is 9.96. The number of nitrogens with one attached hydrogen (secondary N) is 3. The number of nitrogens with zero attached hydrogens (tertiary/aromatic N) is 1. The number of carbonyl (C=O) groups excluding carboxylic acids is 1. The van der Waals surface area contributed by atoms with Crippen LogP contribution in [0.5, 0.6) is 0 Å². The smallest absolute Gasteiger partial charge is 0.229 e. The third kappa shape index (κ3) is 6.00. The first-order chi connectivity index (χ1) is 15.4. The summed E-state index contributed by atoms with van der Waals surface area (Å²) in [6.45, 7) is 7.65. The molecule has 2 aliphatic heterocycles. The molecule has 0 saturated carbocycles. The lowest BCUT2D eigenvalue weighted by molar-refractivity contribution is -0.120. The van der Waals surface area contributed by atoms with E-state index in [1.807, 2.05) is 18.2 Å². The van der Waals surface area contributed by atoms with Crippen molar-refractivity contribution in [2.75, 3.05) is 36.9 Å². The van der Waals surface area contributed by atoms with Gasteiger partial charge in [0.25, 0.3) is 0 Å². The Kier molecular flexibility index (Phi) is 7.33. The highest BCUT2D eigenvalue weighted by Gasteiger charge is 2.30. The van der Waals surface area contributed by atoms with Crippen LogP contribution in [0.25, 0.3) is 11.1 Å². The Hall–Kier alpha value is -2.15. The molecule has 32 heavy (non-hydrogen) atoms. The second-order valence-electron chi connectivity index (χ2n) is 9.56. The molecule has 3 N–H and O–H groups in total. The van der Waals surface area contributed by atoms with Gasteiger partial charge in [-0.3, -0.25) is 4.79 Å². The van der Waals surface area contributed by atoms with E-state index in [0.29, 0.717) is 23.3 Å². The van der Waals surface area contributed by atoms with Gasteiger partial charge in [-0.1, -0.05) is 23.7 Å². The third-order valence-corrected chi connectivity index (χ3v) is 6.83. The van der Waals surface area contributed by atoms with Gasteiger partial charge in [0.2, 0.25) is 5.91 Å². The lowest BCUT2D eigenvalue weighted by Gasteiger charge is -2.35. The number of aromatic nitrogens is 1. The first-order valence-corrected chi connectivity index (χ1v) is 11.9. The lowest BCUT2D eigenvalue weighted by Crippen LogP contribution is -2.49. The molecule has 0 spiro atoms. The second kappa shape index (κ2) is 10.2. The predicted octanol–water partition coefficient (Wildman–Crippen LogP) is 4.96. The van der Waals surface area contributed by atoms with Crippen LogP contribution in [0, 0.1) is 11.8 Å². The number of halogens is 1. The quantitative estimate of drug-likeness (QED) is 0.573. The number of ether oxygens (including phenoxy) is 1. The largest absolute Gasteiger partial charge is 0.385 e. The van der Waals surface area contributed by atoms with E-state index in [4.69, 9.17) is 16.3 Å². The highest BCUT2D eigenvalue weighted by molar-refractivity contribution is 6.33. The van der Waals surface area contributed by atoms with Crippen molar-refractivity contribution in [1.82, 2.24) is 10.3 Å². The molecule has 0 bridgehead atoms. The average molecular weight is 457 g/mol. The molecule has 2 saturated heterocycles. The van der Waals surface area contributed by atoms with Crippen molar-refractivity contribution < 1.29 is 9.53 Å². The number of benzene rings is 1. The van der Waals surface area contributed by atoms with Gasteiger partial charge in [0.05, 0.1) is 10.9 Å². The number of anilines is 2. The number of pyridine rings is 1. The number of rotatable bonds is 6. The normalized spacial score (nSPS) is 21.2. The maximum absolute atomic E-state index is 12.8. The number of piperidine rings is 1. The van der Waals surface area contributed by atoms with Crippen molar-refractivity contribution >= 4 is 29.0 Å². The van der Waals surface area contributed by atoms with Crippen molar-refractivity contribution in [3.05, 3.63) is 41.6 Å². The molecule has 1 amide bonds. The van der Waals surface area contributed by atoms with E-state index in [-0.39, 0.29) is 17.4 Å². The van der Waals surface area contributed by atoms with Crippen LogP contribution in [-0.4, -0.2) is 42.7 Å². The van der Waals surface area contributed by atoms with E-state index in [0.717, 1.165) is 62.3 Å². The monoisotopic (exact) mass is 456 g/mol. The van der Waals surface area contributed by atoms with E-state index in [9.17, 15) is 4.79 Å². The molecule has 0 aliphatic carbocycles. The van der Waals surface area contributed by atoms with Gasteiger partial charge < -0.3 is 20.7 Å². The summed E-state index contributed by atoms with van der Waals surface area (Å²) in [5.41, 5.74) is 3.00. The van der Waals surface area contributed by atoms with Gasteiger partial charge in [0.15, 0.2) is 0 Å². The minimum Gasteiger partial charge on any atom is -0.385 e. The van der Waals surface area contributed by atoms with Crippen LogP contribution in [0.15, 0.2) is 36.5 Å². The van der Waals surface area contributed by atoms with Gasteiger partial charge in [0, 0.05) is 49.3 Å². The lowest BCUT2D eigenvalue weighted by atomic mass is 9.86. The number of hydrogen-bond acceptors (Lipinski definition) is 5. The molecule has 1 aromatic heterocycles. The van der Waals surface area contributed by atoms with Crippen LogP contribution in [0.4, 0.5) is 11.5 Å². The minimum absolute atomic E-state index is 0.000603. The molecule has 6 nitrogen and oxygen atoms in total. The Morgan fingerprint density at radius 3 is 2.81 bits per heavy atom. The van der Waals surface area contributed by atoms with Gasteiger partial charge in [-0.2, -0.15) is 0 Å². The zero-order valence-electron chi connectivity index (χ0n) is 18.9. The molecule has 1 atom stereocenters. The van der Waals surface area contributed by atoms with E-state index in [1.54, 1.807) is 6.20 Å². The molecular weight excluding hydrogens is 424 g/mol. The Bertz CT molecular complexity index is 933. The summed E-state index contributed by atoms with van der Waals surface area (Å²) < 4.78 is 5.45. The van der Waals surface area contributed by atoms with E-state index >= 15 is 0 Å². The molecule has 0 radical (unpaired) electrons. The van der Waals surface area contributed by atoms with E-state index in [2.05, 4.69) is 46.9 Å². The predicted molar refractivity (Wildman–Crippen MR) is 130 cm³/mol. The van der Waals surface area contributed by atoms with Crippen LogP contribution in [-0.2, 0) is 9.53 Å². The van der Waals surface area contributed by atoms with Crippen molar-refractivity contribution in [1.29, 1.82) is 0 Å². The Morgan fingerprint density at radius 1 is 1.25 bits per heavy atom. The van der Waals surface area contributed by atoms with Crippen LogP contribution in [0.3, 0.4) is 0 Å². The standard InChI is InChI=1S/C25H33ClN4O2/c1-25(2)9-6-19(15-29-25)24(31)30-23-13-21(22(26)16-28-23)18-4-3-5-20(12-18)27-14-17-7-10-32-11-8-17/h3-5,12-13,16-17,19,27,29H,6-11,14-15H2,1-2H3,(H,28,30,31)/t19-/m1/s1. The van der Waals surface area contributed by atoms with Crippen molar-refractivity contribution in [3.8, 4) is 11.1 Å². The maximum atomic E-state index is 12.8. The molecule has 172 valence electrons. The summed E-state index contributed by atoms with van der Waals surface area (Å²) in [4.78, 5) is 17.1. The molecule has 1 aromatic carbocycles. The highest BCUT2D eigenvalue weighted by Crippen LogP contribution is 2.31. The van der Waals surface area contributed by atoms with E-state index in [1.165, 1.54) is 0 Å². The Balaban J connectivity index is 1.42. The van der Waals surface area contributed by atoms with E-state index < -0.39 is 0 Å². The van der Waals surface area contributed by atoms with Gasteiger partial charge in [-0.05, 0) is 69.2 Å². The minimum atomic E-state index is -0.0540. The van der Waals surface area contributed by atoms with Crippen molar-refractivity contribution in [2.45, 2.75) is 45.1 Å². The summed E-state index contributed by atoms with van der Waals surface area (Å²) in [6, 6.07) is 10.1. The zero-order chi connectivity index (χ0) is 22.6. The number of carbonyl (C=O) groups is 1. The number of hydrogen-bond donors (Lipinski definition) is 3. The van der Waals surface area contributed by atoms with Crippen LogP contribution >= 0.6 is 11.6 Å². The summed E-state index contributed by atoms with van der Waals surface area (Å²) >= 11 is 6.48. The fourth-order valence-electron chi connectivity index (χ4n) is 4.31. The molecule has 2 aromatic rings. The zero-order valence-corrected chi connectivity index (χ0v) is 19.7. The van der Waals surface area contributed by atoms with Gasteiger partial charge in [-0.15, -0.1) is 0 Å². The topological polar surface area (TPSA) is 75.3 Å². The highest BCUT2D eigenvalue weighted by atomic mass is 35.5. The van der Waals surface area contributed by atoms with Crippen molar-refractivity contribution in [2.24, 2.45) is 11.8 Å². The average Bonchev–Trinajstić information content (AvgIpc) is 2.80. The van der Waals surface area contributed by atoms with Crippen LogP contribution < -0.4 is 16.0 Å². The molecule has 0 unspecified atom stereocenters. The Morgan fingerprint density at radius 2 is 2.06 bits per heavy atom. The Labute approximate surface area is 195 Å². The fraction of sp³-hybridized carbons (Fsp3) is 0.520. The van der Waals surface area contributed by atoms with Crippen LogP contribution in [0.1, 0.15) is 39.5 Å². The molecule has 2 fully saturated rings. The maximum Gasteiger partial charge on any atom is 0.229 e. The molecule has 2 aliphatic rings. The first-order valence-electron chi connectivity index (χ1n) is 11.5. The van der Waals surface area contributed by atoms with Gasteiger partial charge in [0.1, 0.15) is 5.82 Å². The fourth-order valence-corrected chi connectivity index (χ4v) is 4.53. The third-order valence-electron chi connectivity index (χ3n) is 6.53. The SMILES string of the molecule is CC1(C)CC[C@@H](C(=O)Nc2cc(-c3cccc(NCC4CCOCC4)c3)c(Cl)cn2)CN1. The molecule has 7 heteroatoms. The molecule has 3 heterocycles. The number of amides is 1. The summed E-state index contributed by atoms with van der Waals surface area (Å²) in [7, 11) is 0. The van der Waals surface area contributed by atoms with Crippen LogP contribution in [0.2, 0.25) is 5.02 Å². The summed E-state index contributed by atoms with van der Waals surface area (Å²) in [5, 5.41) is 10.5. The first kappa shape index (κ1) is 23.0. The molecular formula is C25H33ClN4O2. The van der Waals surface area contributed by atoms with Gasteiger partial charge in [-0.25, -0.2) is 4.98 Å². The summed E-state index contributed by atoms with van der Waals surface area (Å²) in [6.07, 6.45) is 5.64. The summed E-state index contributed by atoms with van der Waals surface area (Å²) in [5.74, 6) is 1.11. The van der Waals surface area contributed by atoms with Crippen molar-refractivity contribution in [3.63, 3.8) is 0 Å².